The van der Waals surface area contributed by atoms with Gasteiger partial charge in [-0.1, -0.05) is 20.8 Å². The molecule has 2 atom stereocenters. The Morgan fingerprint density at radius 2 is 1.52 bits per heavy atom. The Labute approximate surface area is 138 Å². The molecule has 132 valence electrons. The van der Waals surface area contributed by atoms with E-state index in [1.165, 1.54) is 6.92 Å². The molecular formula is C16H29N3O4. The minimum atomic E-state index is -0.737. The van der Waals surface area contributed by atoms with Crippen molar-refractivity contribution < 1.29 is 19.2 Å². The molecule has 23 heavy (non-hydrogen) atoms. The molecule has 0 fully saturated rings. The molecule has 0 heterocycles. The third kappa shape index (κ3) is 8.95. The van der Waals surface area contributed by atoms with Gasteiger partial charge in [-0.3, -0.25) is 19.2 Å². The summed E-state index contributed by atoms with van der Waals surface area (Å²) in [6.45, 7) is 8.80. The molecule has 0 bridgehead atoms. The summed E-state index contributed by atoms with van der Waals surface area (Å²) in [5, 5.41) is 7.87. The van der Waals surface area contributed by atoms with Crippen molar-refractivity contribution in [2.75, 3.05) is 6.54 Å². The molecule has 0 saturated heterocycles. The van der Waals surface area contributed by atoms with Crippen LogP contribution in [-0.2, 0) is 19.2 Å². The lowest BCUT2D eigenvalue weighted by Gasteiger charge is -2.23. The number of nitrogens with one attached hydrogen (secondary N) is 3. The van der Waals surface area contributed by atoms with Crippen molar-refractivity contribution in [3.8, 4) is 0 Å². The van der Waals surface area contributed by atoms with Gasteiger partial charge >= 0.3 is 0 Å². The van der Waals surface area contributed by atoms with Crippen LogP contribution in [0.4, 0.5) is 0 Å². The van der Waals surface area contributed by atoms with E-state index in [0.29, 0.717) is 12.8 Å². The molecule has 0 aliphatic carbocycles. The summed E-state index contributed by atoms with van der Waals surface area (Å²) in [6, 6.07) is -1.42. The van der Waals surface area contributed by atoms with Crippen LogP contribution >= 0.6 is 0 Å². The molecule has 7 nitrogen and oxygen atoms in total. The van der Waals surface area contributed by atoms with Crippen LogP contribution in [0, 0.1) is 5.92 Å². The van der Waals surface area contributed by atoms with Crippen LogP contribution in [0.2, 0.25) is 0 Å². The molecule has 1 unspecified atom stereocenters. The highest BCUT2D eigenvalue weighted by atomic mass is 16.2. The van der Waals surface area contributed by atoms with E-state index in [9.17, 15) is 19.2 Å². The number of carbonyl (C=O) groups is 4. The van der Waals surface area contributed by atoms with Crippen molar-refractivity contribution in [1.82, 2.24) is 16.0 Å². The third-order valence-corrected chi connectivity index (χ3v) is 3.27. The molecule has 0 spiro atoms. The zero-order valence-corrected chi connectivity index (χ0v) is 14.7. The van der Waals surface area contributed by atoms with Gasteiger partial charge in [-0.05, 0) is 26.2 Å². The first-order chi connectivity index (χ1) is 10.7. The van der Waals surface area contributed by atoms with Crippen LogP contribution in [0.25, 0.3) is 0 Å². The standard InChI is InChI=1S/C16H29N3O4/c1-6-7-13(21)19-14(10(2)3)16(23)18-12(5)15(22)17-9-8-11(4)20/h10,12,14H,6-9H2,1-5H3,(H,17,22)(H,18,23)(H,19,21)/t12-,14?/m0/s1. The van der Waals surface area contributed by atoms with Crippen molar-refractivity contribution in [1.29, 1.82) is 0 Å². The third-order valence-electron chi connectivity index (χ3n) is 3.27. The van der Waals surface area contributed by atoms with E-state index in [4.69, 9.17) is 0 Å². The summed E-state index contributed by atoms with van der Waals surface area (Å²) < 4.78 is 0. The van der Waals surface area contributed by atoms with Gasteiger partial charge in [0.15, 0.2) is 0 Å². The Hall–Kier alpha value is -1.92. The predicted octanol–water partition coefficient (Wildman–Crippen LogP) is 0.527. The molecular weight excluding hydrogens is 298 g/mol. The minimum Gasteiger partial charge on any atom is -0.354 e. The van der Waals surface area contributed by atoms with Crippen molar-refractivity contribution in [3.63, 3.8) is 0 Å². The van der Waals surface area contributed by atoms with Crippen LogP contribution in [-0.4, -0.2) is 42.1 Å². The summed E-state index contributed by atoms with van der Waals surface area (Å²) in [5.41, 5.74) is 0. The number of hydrogen-bond acceptors (Lipinski definition) is 4. The SMILES string of the molecule is CCCC(=O)NC(C(=O)N[C@@H](C)C(=O)NCCC(C)=O)C(C)C. The quantitative estimate of drug-likeness (QED) is 0.544. The first kappa shape index (κ1) is 21.1. The number of hydrogen-bond donors (Lipinski definition) is 3. The smallest absolute Gasteiger partial charge is 0.243 e. The molecule has 0 aromatic carbocycles. The Balaban J connectivity index is 4.51. The minimum absolute atomic E-state index is 0.0134. The van der Waals surface area contributed by atoms with E-state index in [2.05, 4.69) is 16.0 Å². The molecule has 0 saturated carbocycles. The van der Waals surface area contributed by atoms with E-state index in [1.807, 2.05) is 20.8 Å². The molecule has 0 radical (unpaired) electrons. The fraction of sp³-hybridized carbons (Fsp3) is 0.750. The summed E-state index contributed by atoms with van der Waals surface area (Å²) in [6.07, 6.45) is 1.32. The molecule has 3 amide bonds. The summed E-state index contributed by atoms with van der Waals surface area (Å²) in [5.74, 6) is -1.04. The van der Waals surface area contributed by atoms with Gasteiger partial charge in [0, 0.05) is 19.4 Å². The molecule has 7 heteroatoms. The number of carbonyl (C=O) groups excluding carboxylic acids is 4. The average molecular weight is 327 g/mol. The highest BCUT2D eigenvalue weighted by molar-refractivity contribution is 5.92. The fourth-order valence-corrected chi connectivity index (χ4v) is 1.89. The Morgan fingerprint density at radius 1 is 0.913 bits per heavy atom. The number of amides is 3. The van der Waals surface area contributed by atoms with Crippen LogP contribution < -0.4 is 16.0 Å². The first-order valence-corrected chi connectivity index (χ1v) is 8.05. The molecule has 0 aliphatic heterocycles. The van der Waals surface area contributed by atoms with Gasteiger partial charge in [0.05, 0.1) is 0 Å². The van der Waals surface area contributed by atoms with Crippen LogP contribution in [0.5, 0.6) is 0 Å². The lowest BCUT2D eigenvalue weighted by atomic mass is 10.0. The van der Waals surface area contributed by atoms with Gasteiger partial charge in [0.25, 0.3) is 0 Å². The van der Waals surface area contributed by atoms with Crippen molar-refractivity contribution >= 4 is 23.5 Å². The predicted molar refractivity (Wildman–Crippen MR) is 87.6 cm³/mol. The maximum Gasteiger partial charge on any atom is 0.243 e. The Morgan fingerprint density at radius 3 is 2.00 bits per heavy atom. The zero-order chi connectivity index (χ0) is 18.0. The molecule has 0 aromatic heterocycles. The summed E-state index contributed by atoms with van der Waals surface area (Å²) >= 11 is 0. The van der Waals surface area contributed by atoms with E-state index >= 15 is 0 Å². The number of Topliss-reactive ketones (excluding diaryl/α,β-unsaturated/α-hetero) is 1. The average Bonchev–Trinajstić information content (AvgIpc) is 2.43. The largest absolute Gasteiger partial charge is 0.354 e. The fourth-order valence-electron chi connectivity index (χ4n) is 1.89. The number of rotatable bonds is 10. The highest BCUT2D eigenvalue weighted by Crippen LogP contribution is 2.03. The van der Waals surface area contributed by atoms with E-state index in [0.717, 1.165) is 0 Å². The second kappa shape index (κ2) is 10.7. The maximum absolute atomic E-state index is 12.3. The molecule has 0 aromatic rings. The van der Waals surface area contributed by atoms with Gasteiger partial charge in [-0.2, -0.15) is 0 Å². The first-order valence-electron chi connectivity index (χ1n) is 8.05. The second-order valence-corrected chi connectivity index (χ2v) is 6.01. The lowest BCUT2D eigenvalue weighted by Crippen LogP contribution is -2.54. The Kier molecular flexibility index (Phi) is 9.85. The Bertz CT molecular complexity index is 435. The molecule has 0 aliphatic rings. The van der Waals surface area contributed by atoms with E-state index in [-0.39, 0.29) is 36.5 Å². The second-order valence-electron chi connectivity index (χ2n) is 6.01. The van der Waals surface area contributed by atoms with E-state index in [1.54, 1.807) is 6.92 Å². The summed E-state index contributed by atoms with van der Waals surface area (Å²) in [4.78, 5) is 46.6. The normalized spacial score (nSPS) is 13.1. The van der Waals surface area contributed by atoms with Crippen LogP contribution in [0.15, 0.2) is 0 Å². The van der Waals surface area contributed by atoms with Crippen LogP contribution in [0.3, 0.4) is 0 Å². The maximum atomic E-state index is 12.3. The van der Waals surface area contributed by atoms with Gasteiger partial charge in [-0.25, -0.2) is 0 Å². The van der Waals surface area contributed by atoms with Gasteiger partial charge in [-0.15, -0.1) is 0 Å². The molecule has 0 rings (SSSR count). The van der Waals surface area contributed by atoms with E-state index < -0.39 is 18.0 Å². The lowest BCUT2D eigenvalue weighted by molar-refractivity contribution is -0.132. The topological polar surface area (TPSA) is 104 Å². The van der Waals surface area contributed by atoms with Crippen molar-refractivity contribution in [2.45, 2.75) is 66.0 Å². The summed E-state index contributed by atoms with van der Waals surface area (Å²) in [7, 11) is 0. The van der Waals surface area contributed by atoms with Gasteiger partial charge in [0.1, 0.15) is 17.9 Å². The van der Waals surface area contributed by atoms with Crippen LogP contribution in [0.1, 0.15) is 53.9 Å². The van der Waals surface area contributed by atoms with Crippen molar-refractivity contribution in [3.05, 3.63) is 0 Å². The number of ketones is 1. The van der Waals surface area contributed by atoms with Gasteiger partial charge in [0.2, 0.25) is 17.7 Å². The zero-order valence-electron chi connectivity index (χ0n) is 14.7. The molecule has 3 N–H and O–H groups in total. The highest BCUT2D eigenvalue weighted by Gasteiger charge is 2.26. The monoisotopic (exact) mass is 327 g/mol. The van der Waals surface area contributed by atoms with Gasteiger partial charge < -0.3 is 16.0 Å². The van der Waals surface area contributed by atoms with Crippen molar-refractivity contribution in [2.24, 2.45) is 5.92 Å².